The van der Waals surface area contributed by atoms with Crippen LogP contribution in [-0.4, -0.2) is 31.2 Å². The summed E-state index contributed by atoms with van der Waals surface area (Å²) in [6.07, 6.45) is 7.20. The fourth-order valence-corrected chi connectivity index (χ4v) is 3.30. The molecule has 1 heterocycles. The maximum atomic E-state index is 12.1. The molecule has 2 fully saturated rings. The number of carbonyl (C=O) groups is 1. The Labute approximate surface area is 116 Å². The molecule has 2 rings (SSSR count). The molecule has 1 saturated heterocycles. The second-order valence-electron chi connectivity index (χ2n) is 6.29. The van der Waals surface area contributed by atoms with Crippen LogP contribution in [0.5, 0.6) is 0 Å². The minimum Gasteiger partial charge on any atom is -0.381 e. The summed E-state index contributed by atoms with van der Waals surface area (Å²) in [5, 5.41) is 3.18. The van der Waals surface area contributed by atoms with Crippen molar-refractivity contribution in [2.75, 3.05) is 13.2 Å². The Morgan fingerprint density at radius 1 is 1.21 bits per heavy atom. The van der Waals surface area contributed by atoms with E-state index in [1.807, 2.05) is 0 Å². The summed E-state index contributed by atoms with van der Waals surface area (Å²) in [4.78, 5) is 12.1. The lowest BCUT2D eigenvalue weighted by Gasteiger charge is -2.30. The van der Waals surface area contributed by atoms with Crippen molar-refractivity contribution in [1.29, 1.82) is 0 Å². The second kappa shape index (κ2) is 7.25. The molecule has 3 N–H and O–H groups in total. The van der Waals surface area contributed by atoms with E-state index < -0.39 is 0 Å². The van der Waals surface area contributed by atoms with Gasteiger partial charge < -0.3 is 15.8 Å². The SMILES string of the molecule is CC(NC(=O)CC1CCC(N)CC1)C1CCOCC1. The number of hydrogen-bond acceptors (Lipinski definition) is 3. The van der Waals surface area contributed by atoms with Crippen molar-refractivity contribution in [3.63, 3.8) is 0 Å². The van der Waals surface area contributed by atoms with Gasteiger partial charge in [0.05, 0.1) is 0 Å². The second-order valence-corrected chi connectivity index (χ2v) is 6.29. The molecular formula is C15H28N2O2. The van der Waals surface area contributed by atoms with Gasteiger partial charge in [0.15, 0.2) is 0 Å². The number of nitrogens with two attached hydrogens (primary N) is 1. The van der Waals surface area contributed by atoms with Crippen molar-refractivity contribution in [3.8, 4) is 0 Å². The Morgan fingerprint density at radius 2 is 1.84 bits per heavy atom. The van der Waals surface area contributed by atoms with Crippen LogP contribution in [0.15, 0.2) is 0 Å². The van der Waals surface area contributed by atoms with Crippen molar-refractivity contribution in [2.45, 2.75) is 64.0 Å². The Kier molecular flexibility index (Phi) is 5.64. The summed E-state index contributed by atoms with van der Waals surface area (Å²) in [5.74, 6) is 1.35. The quantitative estimate of drug-likeness (QED) is 0.817. The average Bonchev–Trinajstić information content (AvgIpc) is 2.42. The third kappa shape index (κ3) is 4.77. The first kappa shape index (κ1) is 14.8. The first-order chi connectivity index (χ1) is 9.15. The Hall–Kier alpha value is -0.610. The molecule has 1 aliphatic carbocycles. The molecule has 1 aliphatic heterocycles. The smallest absolute Gasteiger partial charge is 0.220 e. The number of amides is 1. The maximum absolute atomic E-state index is 12.1. The molecule has 0 aromatic carbocycles. The van der Waals surface area contributed by atoms with Gasteiger partial charge in [0.25, 0.3) is 0 Å². The van der Waals surface area contributed by atoms with Crippen molar-refractivity contribution in [2.24, 2.45) is 17.6 Å². The number of carbonyl (C=O) groups excluding carboxylic acids is 1. The number of hydrogen-bond donors (Lipinski definition) is 2. The largest absolute Gasteiger partial charge is 0.381 e. The van der Waals surface area contributed by atoms with Gasteiger partial charge in [-0.25, -0.2) is 0 Å². The van der Waals surface area contributed by atoms with Crippen LogP contribution in [0.25, 0.3) is 0 Å². The molecule has 0 aromatic rings. The van der Waals surface area contributed by atoms with Gasteiger partial charge in [0, 0.05) is 31.7 Å². The summed E-state index contributed by atoms with van der Waals surface area (Å²) < 4.78 is 5.36. The van der Waals surface area contributed by atoms with E-state index in [1.54, 1.807) is 0 Å². The van der Waals surface area contributed by atoms with Gasteiger partial charge in [0.1, 0.15) is 0 Å². The lowest BCUT2D eigenvalue weighted by Crippen LogP contribution is -2.41. The van der Waals surface area contributed by atoms with Crippen LogP contribution < -0.4 is 11.1 Å². The van der Waals surface area contributed by atoms with E-state index in [2.05, 4.69) is 12.2 Å². The Bertz CT molecular complexity index is 282. The topological polar surface area (TPSA) is 64.4 Å². The van der Waals surface area contributed by atoms with Crippen LogP contribution in [0, 0.1) is 11.8 Å². The molecule has 2 aliphatic rings. The molecule has 1 atom stereocenters. The average molecular weight is 268 g/mol. The molecular weight excluding hydrogens is 240 g/mol. The van der Waals surface area contributed by atoms with Crippen LogP contribution in [0.2, 0.25) is 0 Å². The van der Waals surface area contributed by atoms with E-state index in [1.165, 1.54) is 0 Å². The van der Waals surface area contributed by atoms with Crippen molar-refractivity contribution in [1.82, 2.24) is 5.32 Å². The number of ether oxygens (including phenoxy) is 1. The monoisotopic (exact) mass is 268 g/mol. The first-order valence-corrected chi connectivity index (χ1v) is 7.78. The molecule has 0 spiro atoms. The normalized spacial score (nSPS) is 30.8. The predicted molar refractivity (Wildman–Crippen MR) is 75.7 cm³/mol. The highest BCUT2D eigenvalue weighted by Crippen LogP contribution is 2.26. The molecule has 1 amide bonds. The summed E-state index contributed by atoms with van der Waals surface area (Å²) >= 11 is 0. The fourth-order valence-electron chi connectivity index (χ4n) is 3.30. The number of nitrogens with one attached hydrogen (secondary N) is 1. The summed E-state index contributed by atoms with van der Waals surface area (Å²) in [6, 6.07) is 0.641. The molecule has 1 unspecified atom stereocenters. The standard InChI is InChI=1S/C15H28N2O2/c1-11(13-6-8-19-9-7-13)17-15(18)10-12-2-4-14(16)5-3-12/h11-14H,2-10,16H2,1H3,(H,17,18). The predicted octanol–water partition coefficient (Wildman–Crippen LogP) is 1.83. The molecule has 19 heavy (non-hydrogen) atoms. The lowest BCUT2D eigenvalue weighted by molar-refractivity contribution is -0.123. The zero-order valence-corrected chi connectivity index (χ0v) is 12.1. The van der Waals surface area contributed by atoms with Crippen molar-refractivity contribution >= 4 is 5.91 Å². The maximum Gasteiger partial charge on any atom is 0.220 e. The van der Waals surface area contributed by atoms with Crippen molar-refractivity contribution in [3.05, 3.63) is 0 Å². The molecule has 110 valence electrons. The van der Waals surface area contributed by atoms with E-state index in [-0.39, 0.29) is 11.9 Å². The highest BCUT2D eigenvalue weighted by Gasteiger charge is 2.24. The molecule has 4 heteroatoms. The van der Waals surface area contributed by atoms with Gasteiger partial charge in [-0.2, -0.15) is 0 Å². The third-order valence-electron chi connectivity index (χ3n) is 4.73. The molecule has 0 radical (unpaired) electrons. The summed E-state index contributed by atoms with van der Waals surface area (Å²) in [5.41, 5.74) is 5.89. The van der Waals surface area contributed by atoms with Crippen LogP contribution in [0.1, 0.15) is 51.9 Å². The molecule has 1 saturated carbocycles. The van der Waals surface area contributed by atoms with E-state index in [4.69, 9.17) is 10.5 Å². The fraction of sp³-hybridized carbons (Fsp3) is 0.933. The van der Waals surface area contributed by atoms with Crippen LogP contribution in [0.3, 0.4) is 0 Å². The van der Waals surface area contributed by atoms with Crippen molar-refractivity contribution < 1.29 is 9.53 Å². The zero-order chi connectivity index (χ0) is 13.7. The third-order valence-corrected chi connectivity index (χ3v) is 4.73. The molecule has 4 nitrogen and oxygen atoms in total. The van der Waals surface area contributed by atoms with Crippen LogP contribution in [-0.2, 0) is 9.53 Å². The lowest BCUT2D eigenvalue weighted by atomic mass is 9.84. The molecule has 0 aromatic heterocycles. The van der Waals surface area contributed by atoms with E-state index in [0.29, 0.717) is 24.3 Å². The van der Waals surface area contributed by atoms with Gasteiger partial charge in [-0.1, -0.05) is 0 Å². The first-order valence-electron chi connectivity index (χ1n) is 7.78. The van der Waals surface area contributed by atoms with Gasteiger partial charge in [-0.15, -0.1) is 0 Å². The highest BCUT2D eigenvalue weighted by molar-refractivity contribution is 5.76. The number of rotatable bonds is 4. The summed E-state index contributed by atoms with van der Waals surface area (Å²) in [6.45, 7) is 3.81. The van der Waals surface area contributed by atoms with E-state index in [0.717, 1.165) is 51.7 Å². The highest BCUT2D eigenvalue weighted by atomic mass is 16.5. The zero-order valence-electron chi connectivity index (χ0n) is 12.1. The van der Waals surface area contributed by atoms with Gasteiger partial charge in [-0.05, 0) is 57.3 Å². The summed E-state index contributed by atoms with van der Waals surface area (Å²) in [7, 11) is 0. The minimum atomic E-state index is 0.222. The van der Waals surface area contributed by atoms with Gasteiger partial charge >= 0.3 is 0 Å². The Morgan fingerprint density at radius 3 is 2.47 bits per heavy atom. The van der Waals surface area contributed by atoms with Crippen LogP contribution in [0.4, 0.5) is 0 Å². The molecule has 0 bridgehead atoms. The minimum absolute atomic E-state index is 0.222. The Balaban J connectivity index is 1.68. The van der Waals surface area contributed by atoms with E-state index >= 15 is 0 Å². The van der Waals surface area contributed by atoms with E-state index in [9.17, 15) is 4.79 Å². The van der Waals surface area contributed by atoms with Crippen LogP contribution >= 0.6 is 0 Å². The van der Waals surface area contributed by atoms with Gasteiger partial charge in [0.2, 0.25) is 5.91 Å². The van der Waals surface area contributed by atoms with Gasteiger partial charge in [-0.3, -0.25) is 4.79 Å².